The van der Waals surface area contributed by atoms with Gasteiger partial charge in [0.15, 0.2) is 5.96 Å². The van der Waals surface area contributed by atoms with Gasteiger partial charge in [-0.05, 0) is 29.0 Å². The van der Waals surface area contributed by atoms with Crippen molar-refractivity contribution < 1.29 is 4.79 Å². The van der Waals surface area contributed by atoms with Gasteiger partial charge in [0, 0.05) is 31.4 Å². The number of carbonyl (C=O) groups is 1. The van der Waals surface area contributed by atoms with Crippen molar-refractivity contribution in [1.82, 2.24) is 15.5 Å². The zero-order chi connectivity index (χ0) is 21.9. The number of carbonyl (C=O) groups excluding carboxylic acids is 1. The Morgan fingerprint density at radius 1 is 0.938 bits per heavy atom. The maximum absolute atomic E-state index is 12.0. The van der Waals surface area contributed by atoms with Crippen molar-refractivity contribution in [3.05, 3.63) is 94.2 Å². The Morgan fingerprint density at radius 2 is 1.56 bits per heavy atom. The van der Waals surface area contributed by atoms with Gasteiger partial charge in [0.05, 0.1) is 6.54 Å². The Balaban J connectivity index is 0.00000363. The number of hydrogen-bond donors (Lipinski definition) is 2. The topological polar surface area (TPSA) is 56.7 Å². The smallest absolute Gasteiger partial charge is 0.243 e. The molecule has 3 aromatic rings. The fourth-order valence-corrected chi connectivity index (χ4v) is 3.92. The van der Waals surface area contributed by atoms with Gasteiger partial charge >= 0.3 is 0 Å². The maximum Gasteiger partial charge on any atom is 0.243 e. The minimum absolute atomic E-state index is 0. The molecule has 0 bridgehead atoms. The first kappa shape index (κ1) is 25.9. The molecule has 0 saturated heterocycles. The average molecular weight is 563 g/mol. The van der Waals surface area contributed by atoms with Crippen LogP contribution in [-0.2, 0) is 11.3 Å². The summed E-state index contributed by atoms with van der Waals surface area (Å²) < 4.78 is 0. The Labute approximate surface area is 212 Å². The molecule has 0 aliphatic carbocycles. The number of aliphatic imine (C=N–C) groups is 1. The van der Waals surface area contributed by atoms with Crippen LogP contribution in [0.25, 0.3) is 0 Å². The molecule has 3 rings (SSSR count). The van der Waals surface area contributed by atoms with Crippen molar-refractivity contribution in [3.63, 3.8) is 0 Å². The van der Waals surface area contributed by atoms with E-state index in [-0.39, 0.29) is 42.3 Å². The summed E-state index contributed by atoms with van der Waals surface area (Å²) in [6, 6.07) is 25.3. The van der Waals surface area contributed by atoms with Crippen LogP contribution >= 0.6 is 35.3 Å². The van der Waals surface area contributed by atoms with Crippen molar-refractivity contribution in [2.75, 3.05) is 27.2 Å². The molecule has 0 spiro atoms. The molecule has 0 saturated carbocycles. The van der Waals surface area contributed by atoms with Crippen molar-refractivity contribution in [2.24, 2.45) is 4.99 Å². The molecule has 0 atom stereocenters. The summed E-state index contributed by atoms with van der Waals surface area (Å²) in [7, 11) is 3.49. The lowest BCUT2D eigenvalue weighted by Gasteiger charge is -2.20. The van der Waals surface area contributed by atoms with Crippen LogP contribution in [-0.4, -0.2) is 44.0 Å². The standard InChI is InChI=1S/C25H30N4OS.HI/c1-29(2)24(30)19-28-25(27-18-22-14-9-17-31-22)26-16-15-23(20-10-5-3-6-11-20)21-12-7-4-8-13-21;/h3-14,17,23H,15-16,18-19H2,1-2H3,(H2,26,27,28);1H. The molecule has 1 aromatic heterocycles. The lowest BCUT2D eigenvalue weighted by Crippen LogP contribution is -2.39. The summed E-state index contributed by atoms with van der Waals surface area (Å²) in [6.07, 6.45) is 0.912. The number of halogens is 1. The van der Waals surface area contributed by atoms with Crippen molar-refractivity contribution in [3.8, 4) is 0 Å². The van der Waals surface area contributed by atoms with Gasteiger partial charge in [-0.1, -0.05) is 66.7 Å². The summed E-state index contributed by atoms with van der Waals surface area (Å²) in [6.45, 7) is 1.54. The van der Waals surface area contributed by atoms with Crippen molar-refractivity contribution in [2.45, 2.75) is 18.9 Å². The van der Waals surface area contributed by atoms with E-state index in [0.717, 1.165) is 13.0 Å². The number of amides is 1. The summed E-state index contributed by atoms with van der Waals surface area (Å²) in [5.41, 5.74) is 2.59. The molecule has 0 fully saturated rings. The summed E-state index contributed by atoms with van der Waals surface area (Å²) in [5.74, 6) is 0.920. The highest BCUT2D eigenvalue weighted by atomic mass is 127. The molecule has 2 aromatic carbocycles. The maximum atomic E-state index is 12.0. The minimum Gasteiger partial charge on any atom is -0.356 e. The monoisotopic (exact) mass is 562 g/mol. The SMILES string of the molecule is CN(C)C(=O)CN=C(NCCC(c1ccccc1)c1ccccc1)NCc1cccs1.I. The Bertz CT molecular complexity index is 907. The predicted molar refractivity (Wildman–Crippen MR) is 145 cm³/mol. The number of hydrogen-bond acceptors (Lipinski definition) is 3. The summed E-state index contributed by atoms with van der Waals surface area (Å²) in [5, 5.41) is 8.82. The molecule has 32 heavy (non-hydrogen) atoms. The molecule has 0 aliphatic heterocycles. The number of rotatable bonds is 9. The van der Waals surface area contributed by atoms with Gasteiger partial charge < -0.3 is 15.5 Å². The lowest BCUT2D eigenvalue weighted by molar-refractivity contribution is -0.127. The largest absolute Gasteiger partial charge is 0.356 e. The molecule has 0 radical (unpaired) electrons. The van der Waals surface area contributed by atoms with Crippen LogP contribution in [0.4, 0.5) is 0 Å². The van der Waals surface area contributed by atoms with E-state index in [9.17, 15) is 4.79 Å². The van der Waals surface area contributed by atoms with Crippen molar-refractivity contribution >= 4 is 47.2 Å². The highest BCUT2D eigenvalue weighted by molar-refractivity contribution is 14.0. The molecule has 0 aliphatic rings. The highest BCUT2D eigenvalue weighted by Gasteiger charge is 2.14. The van der Waals surface area contributed by atoms with Crippen LogP contribution in [0.5, 0.6) is 0 Å². The normalized spacial score (nSPS) is 11.0. The van der Waals surface area contributed by atoms with E-state index in [2.05, 4.69) is 75.6 Å². The van der Waals surface area contributed by atoms with Crippen molar-refractivity contribution in [1.29, 1.82) is 0 Å². The van der Waals surface area contributed by atoms with Crippen LogP contribution < -0.4 is 10.6 Å². The van der Waals surface area contributed by atoms with Crippen LogP contribution in [0.3, 0.4) is 0 Å². The van der Waals surface area contributed by atoms with E-state index < -0.39 is 0 Å². The zero-order valence-corrected chi connectivity index (χ0v) is 21.7. The third kappa shape index (κ3) is 8.27. The first-order valence-corrected chi connectivity index (χ1v) is 11.4. The molecular formula is C25H31IN4OS. The Kier molecular flexibility index (Phi) is 11.2. The van der Waals surface area contributed by atoms with Gasteiger partial charge in [-0.2, -0.15) is 0 Å². The summed E-state index contributed by atoms with van der Waals surface area (Å²) >= 11 is 1.70. The second-order valence-corrected chi connectivity index (χ2v) is 8.51. The number of guanidine groups is 1. The average Bonchev–Trinajstić information content (AvgIpc) is 3.32. The van der Waals surface area contributed by atoms with Gasteiger partial charge in [0.1, 0.15) is 6.54 Å². The van der Waals surface area contributed by atoms with Gasteiger partial charge in [-0.25, -0.2) is 4.99 Å². The third-order valence-electron chi connectivity index (χ3n) is 5.01. The Morgan fingerprint density at radius 3 is 2.09 bits per heavy atom. The number of thiophene rings is 1. The van der Waals surface area contributed by atoms with E-state index in [0.29, 0.717) is 12.5 Å². The molecule has 2 N–H and O–H groups in total. The van der Waals surface area contributed by atoms with Crippen LogP contribution in [0, 0.1) is 0 Å². The van der Waals surface area contributed by atoms with E-state index in [4.69, 9.17) is 0 Å². The molecule has 170 valence electrons. The first-order chi connectivity index (χ1) is 15.1. The summed E-state index contributed by atoms with van der Waals surface area (Å²) in [4.78, 5) is 19.3. The van der Waals surface area contributed by atoms with E-state index in [1.807, 2.05) is 18.2 Å². The predicted octanol–water partition coefficient (Wildman–Crippen LogP) is 4.71. The number of nitrogens with one attached hydrogen (secondary N) is 2. The van der Waals surface area contributed by atoms with E-state index in [1.54, 1.807) is 30.3 Å². The van der Waals surface area contributed by atoms with Gasteiger partial charge in [-0.15, -0.1) is 35.3 Å². The molecule has 7 heteroatoms. The number of nitrogens with zero attached hydrogens (tertiary/aromatic N) is 2. The second kappa shape index (κ2) is 13.9. The Hall–Kier alpha value is -2.39. The van der Waals surface area contributed by atoms with Gasteiger partial charge in [0.2, 0.25) is 5.91 Å². The first-order valence-electron chi connectivity index (χ1n) is 10.5. The molecule has 0 unspecified atom stereocenters. The molecule has 1 heterocycles. The molecule has 5 nitrogen and oxygen atoms in total. The van der Waals surface area contributed by atoms with Gasteiger partial charge in [0.25, 0.3) is 0 Å². The number of likely N-dealkylation sites (N-methyl/N-ethyl adjacent to an activating group) is 1. The van der Waals surface area contributed by atoms with Crippen LogP contribution in [0.15, 0.2) is 83.2 Å². The van der Waals surface area contributed by atoms with Crippen LogP contribution in [0.2, 0.25) is 0 Å². The van der Waals surface area contributed by atoms with E-state index >= 15 is 0 Å². The quantitative estimate of drug-likeness (QED) is 0.226. The fraction of sp³-hybridized carbons (Fsp3) is 0.280. The number of benzene rings is 2. The fourth-order valence-electron chi connectivity index (χ4n) is 3.28. The minimum atomic E-state index is -0.0244. The second-order valence-electron chi connectivity index (χ2n) is 7.48. The van der Waals surface area contributed by atoms with Crippen LogP contribution in [0.1, 0.15) is 28.3 Å². The molecule has 1 amide bonds. The van der Waals surface area contributed by atoms with E-state index in [1.165, 1.54) is 16.0 Å². The zero-order valence-electron chi connectivity index (χ0n) is 18.5. The molecular weight excluding hydrogens is 531 g/mol. The lowest BCUT2D eigenvalue weighted by atomic mass is 9.88. The third-order valence-corrected chi connectivity index (χ3v) is 5.89. The highest BCUT2D eigenvalue weighted by Crippen LogP contribution is 2.27. The van der Waals surface area contributed by atoms with Gasteiger partial charge in [-0.3, -0.25) is 4.79 Å².